The molecule has 0 aliphatic carbocycles. The van der Waals surface area contributed by atoms with Crippen LogP contribution in [-0.4, -0.2) is 31.5 Å². The van der Waals surface area contributed by atoms with E-state index in [9.17, 15) is 9.59 Å². The number of rotatable bonds is 8. The second kappa shape index (κ2) is 11.6. The summed E-state index contributed by atoms with van der Waals surface area (Å²) in [5.41, 5.74) is 2.86. The molecule has 3 aromatic rings. The SMILES string of the molecule is COc1ccc(/C=C2/Sc3ccccc3N(CC(=O)N[C@H](C)CCc3ccccc3)C2=O)cc1Br. The van der Waals surface area contributed by atoms with Crippen LogP contribution in [0.3, 0.4) is 0 Å². The van der Waals surface area contributed by atoms with Gasteiger partial charge in [-0.15, -0.1) is 0 Å². The van der Waals surface area contributed by atoms with Crippen molar-refractivity contribution in [2.45, 2.75) is 30.7 Å². The van der Waals surface area contributed by atoms with Gasteiger partial charge < -0.3 is 10.1 Å². The lowest BCUT2D eigenvalue weighted by atomic mass is 10.1. The van der Waals surface area contributed by atoms with Crippen molar-refractivity contribution in [2.75, 3.05) is 18.6 Å². The Bertz CT molecular complexity index is 1250. The minimum absolute atomic E-state index is 0.00104. The minimum atomic E-state index is -0.187. The van der Waals surface area contributed by atoms with Crippen LogP contribution in [-0.2, 0) is 16.0 Å². The van der Waals surface area contributed by atoms with Gasteiger partial charge >= 0.3 is 0 Å². The van der Waals surface area contributed by atoms with E-state index < -0.39 is 0 Å². The van der Waals surface area contributed by atoms with Crippen molar-refractivity contribution in [3.63, 3.8) is 0 Å². The third-order valence-electron chi connectivity index (χ3n) is 5.72. The molecule has 0 aromatic heterocycles. The fraction of sp³-hybridized carbons (Fsp3) is 0.214. The summed E-state index contributed by atoms with van der Waals surface area (Å²) in [5.74, 6) is 0.361. The molecular weight excluding hydrogens is 524 g/mol. The van der Waals surface area contributed by atoms with Gasteiger partial charge in [0, 0.05) is 10.9 Å². The van der Waals surface area contributed by atoms with Gasteiger partial charge in [0.25, 0.3) is 5.91 Å². The number of nitrogens with zero attached hydrogens (tertiary/aromatic N) is 1. The highest BCUT2D eigenvalue weighted by Crippen LogP contribution is 2.42. The van der Waals surface area contributed by atoms with Gasteiger partial charge in [-0.2, -0.15) is 0 Å². The van der Waals surface area contributed by atoms with Gasteiger partial charge in [-0.05, 0) is 77.2 Å². The van der Waals surface area contributed by atoms with E-state index >= 15 is 0 Å². The molecule has 1 heterocycles. The third-order valence-corrected chi connectivity index (χ3v) is 7.42. The Morgan fingerprint density at radius 1 is 1.11 bits per heavy atom. The predicted octanol–water partition coefficient (Wildman–Crippen LogP) is 6.08. The number of amides is 2. The molecule has 0 saturated heterocycles. The number of carbonyl (C=O) groups excluding carboxylic acids is 2. The first-order valence-electron chi connectivity index (χ1n) is 11.4. The van der Waals surface area contributed by atoms with E-state index in [1.807, 2.05) is 73.7 Å². The smallest absolute Gasteiger partial charge is 0.265 e. The Morgan fingerprint density at radius 3 is 2.60 bits per heavy atom. The number of hydrogen-bond donors (Lipinski definition) is 1. The molecule has 180 valence electrons. The van der Waals surface area contributed by atoms with Crippen molar-refractivity contribution in [1.82, 2.24) is 5.32 Å². The average Bonchev–Trinajstić information content (AvgIpc) is 2.86. The van der Waals surface area contributed by atoms with Crippen molar-refractivity contribution in [3.8, 4) is 5.75 Å². The molecule has 0 unspecified atom stereocenters. The molecule has 1 atom stereocenters. The van der Waals surface area contributed by atoms with E-state index in [0.717, 1.165) is 39.2 Å². The molecule has 0 bridgehead atoms. The Labute approximate surface area is 218 Å². The fourth-order valence-corrected chi connectivity index (χ4v) is 5.52. The molecule has 0 fully saturated rings. The van der Waals surface area contributed by atoms with Crippen LogP contribution in [0.25, 0.3) is 6.08 Å². The lowest BCUT2D eigenvalue weighted by Crippen LogP contribution is -2.45. The lowest BCUT2D eigenvalue weighted by Gasteiger charge is -2.30. The van der Waals surface area contributed by atoms with E-state index in [1.165, 1.54) is 17.3 Å². The van der Waals surface area contributed by atoms with Crippen molar-refractivity contribution in [3.05, 3.63) is 93.3 Å². The quantitative estimate of drug-likeness (QED) is 0.345. The Kier molecular flexibility index (Phi) is 8.31. The van der Waals surface area contributed by atoms with Crippen molar-refractivity contribution >= 4 is 51.3 Å². The molecule has 0 spiro atoms. The number of thioether (sulfide) groups is 1. The summed E-state index contributed by atoms with van der Waals surface area (Å²) in [4.78, 5) is 29.4. The van der Waals surface area contributed by atoms with Gasteiger partial charge in [0.15, 0.2) is 0 Å². The number of hydrogen-bond acceptors (Lipinski definition) is 4. The van der Waals surface area contributed by atoms with E-state index in [2.05, 4.69) is 33.4 Å². The van der Waals surface area contributed by atoms with Crippen LogP contribution in [0.1, 0.15) is 24.5 Å². The molecule has 1 N–H and O–H groups in total. The summed E-state index contributed by atoms with van der Waals surface area (Å²) >= 11 is 4.92. The van der Waals surface area contributed by atoms with Crippen molar-refractivity contribution in [1.29, 1.82) is 0 Å². The molecule has 4 rings (SSSR count). The Morgan fingerprint density at radius 2 is 1.86 bits per heavy atom. The first kappa shape index (κ1) is 25.1. The van der Waals surface area contributed by atoms with Crippen molar-refractivity contribution in [2.24, 2.45) is 0 Å². The minimum Gasteiger partial charge on any atom is -0.496 e. The molecule has 35 heavy (non-hydrogen) atoms. The largest absolute Gasteiger partial charge is 0.496 e. The van der Waals surface area contributed by atoms with E-state index in [-0.39, 0.29) is 24.4 Å². The summed E-state index contributed by atoms with van der Waals surface area (Å²) in [6, 6.07) is 23.5. The van der Waals surface area contributed by atoms with Crippen LogP contribution >= 0.6 is 27.7 Å². The number of halogens is 1. The Hall–Kier alpha value is -3.03. The van der Waals surface area contributed by atoms with Crippen LogP contribution in [0.15, 0.2) is 87.1 Å². The molecule has 0 radical (unpaired) electrons. The summed E-state index contributed by atoms with van der Waals surface area (Å²) in [6.07, 6.45) is 3.56. The molecule has 1 aliphatic rings. The second-order valence-corrected chi connectivity index (χ2v) is 10.3. The van der Waals surface area contributed by atoms with Gasteiger partial charge in [-0.1, -0.05) is 60.3 Å². The molecular formula is C28H27BrN2O3S. The summed E-state index contributed by atoms with van der Waals surface area (Å²) in [5, 5.41) is 3.05. The Balaban J connectivity index is 1.48. The van der Waals surface area contributed by atoms with E-state index in [1.54, 1.807) is 12.0 Å². The van der Waals surface area contributed by atoms with Gasteiger partial charge in [-0.25, -0.2) is 0 Å². The van der Waals surface area contributed by atoms with Crippen LogP contribution in [0.5, 0.6) is 5.75 Å². The van der Waals surface area contributed by atoms with E-state index in [0.29, 0.717) is 4.91 Å². The van der Waals surface area contributed by atoms with Gasteiger partial charge in [0.1, 0.15) is 12.3 Å². The molecule has 5 nitrogen and oxygen atoms in total. The maximum atomic E-state index is 13.5. The number of benzene rings is 3. The normalized spacial score (nSPS) is 15.0. The van der Waals surface area contributed by atoms with Gasteiger partial charge in [0.2, 0.25) is 5.91 Å². The second-order valence-electron chi connectivity index (χ2n) is 8.36. The summed E-state index contributed by atoms with van der Waals surface area (Å²) in [6.45, 7) is 1.96. The van der Waals surface area contributed by atoms with Gasteiger partial charge in [-0.3, -0.25) is 14.5 Å². The molecule has 0 saturated carbocycles. The highest BCUT2D eigenvalue weighted by molar-refractivity contribution is 9.10. The van der Waals surface area contributed by atoms with Crippen LogP contribution < -0.4 is 15.0 Å². The molecule has 2 amide bonds. The molecule has 3 aromatic carbocycles. The number of nitrogens with one attached hydrogen (secondary N) is 1. The van der Waals surface area contributed by atoms with Gasteiger partial charge in [0.05, 0.1) is 22.2 Å². The predicted molar refractivity (Wildman–Crippen MR) is 146 cm³/mol. The van der Waals surface area contributed by atoms with Crippen LogP contribution in [0.4, 0.5) is 5.69 Å². The molecule has 1 aliphatic heterocycles. The first-order chi connectivity index (χ1) is 16.9. The number of fused-ring (bicyclic) bond motifs is 1. The van der Waals surface area contributed by atoms with Crippen LogP contribution in [0.2, 0.25) is 0 Å². The number of ether oxygens (including phenoxy) is 1. The monoisotopic (exact) mass is 550 g/mol. The lowest BCUT2D eigenvalue weighted by molar-refractivity contribution is -0.122. The number of carbonyl (C=O) groups is 2. The van der Waals surface area contributed by atoms with Crippen molar-refractivity contribution < 1.29 is 14.3 Å². The van der Waals surface area contributed by atoms with E-state index in [4.69, 9.17) is 4.74 Å². The summed E-state index contributed by atoms with van der Waals surface area (Å²) < 4.78 is 6.11. The highest BCUT2D eigenvalue weighted by atomic mass is 79.9. The summed E-state index contributed by atoms with van der Waals surface area (Å²) in [7, 11) is 1.61. The highest BCUT2D eigenvalue weighted by Gasteiger charge is 2.30. The zero-order chi connectivity index (χ0) is 24.8. The van der Waals surface area contributed by atoms with Crippen LogP contribution in [0, 0.1) is 0 Å². The standard InChI is InChI=1S/C28H27BrN2O3S/c1-19(12-13-20-8-4-3-5-9-20)30-27(32)18-31-23-10-6-7-11-25(23)35-26(28(31)33)17-21-14-15-24(34-2)22(29)16-21/h3-11,14-17,19H,12-13,18H2,1-2H3,(H,30,32)/b26-17+/t19-/m1/s1. The maximum Gasteiger partial charge on any atom is 0.265 e. The molecule has 7 heteroatoms. The maximum absolute atomic E-state index is 13.5. The number of aryl methyl sites for hydroxylation is 1. The third kappa shape index (κ3) is 6.35. The number of para-hydroxylation sites is 1. The number of anilines is 1. The topological polar surface area (TPSA) is 58.6 Å². The number of methoxy groups -OCH3 is 1. The first-order valence-corrected chi connectivity index (χ1v) is 13.0. The zero-order valence-electron chi connectivity index (χ0n) is 19.7. The average molecular weight is 552 g/mol. The zero-order valence-corrected chi connectivity index (χ0v) is 22.1. The fourth-order valence-electron chi connectivity index (χ4n) is 3.91.